The fraction of sp³-hybridized carbons (Fsp3) is 0.0952. The maximum Gasteiger partial charge on any atom is 0.258 e. The molecule has 1 amide bonds. The van der Waals surface area contributed by atoms with E-state index in [1.165, 1.54) is 0 Å². The first-order valence-electron chi connectivity index (χ1n) is 8.04. The number of benzene rings is 3. The molecular formula is C21H17F2NO2. The summed E-state index contributed by atoms with van der Waals surface area (Å²) < 4.78 is 32.4. The molecular weight excluding hydrogens is 336 g/mol. The average molecular weight is 353 g/mol. The van der Waals surface area contributed by atoms with Crippen LogP contribution in [0.2, 0.25) is 0 Å². The second-order valence-corrected chi connectivity index (χ2v) is 5.77. The van der Waals surface area contributed by atoms with Gasteiger partial charge in [-0.2, -0.15) is 0 Å². The summed E-state index contributed by atoms with van der Waals surface area (Å²) in [6, 6.07) is 17.7. The van der Waals surface area contributed by atoms with E-state index in [0.29, 0.717) is 17.9 Å². The van der Waals surface area contributed by atoms with Gasteiger partial charge in [0.1, 0.15) is 17.4 Å². The molecule has 1 N–H and O–H groups in total. The molecule has 3 aromatic rings. The van der Waals surface area contributed by atoms with Crippen molar-refractivity contribution in [3.63, 3.8) is 0 Å². The minimum Gasteiger partial charge on any atom is -0.496 e. The maximum atomic E-state index is 13.8. The number of carbonyl (C=O) groups excluding carboxylic acids is 1. The maximum absolute atomic E-state index is 13.8. The van der Waals surface area contributed by atoms with Crippen molar-refractivity contribution in [2.45, 2.75) is 6.42 Å². The molecule has 5 heteroatoms. The molecule has 0 unspecified atom stereocenters. The number of hydrogen-bond acceptors (Lipinski definition) is 2. The summed E-state index contributed by atoms with van der Waals surface area (Å²) in [5, 5.41) is 2.60. The number of amides is 1. The van der Waals surface area contributed by atoms with Crippen LogP contribution in [0.25, 0.3) is 0 Å². The van der Waals surface area contributed by atoms with Gasteiger partial charge in [-0.15, -0.1) is 0 Å². The molecule has 0 radical (unpaired) electrons. The molecule has 0 aliphatic heterocycles. The topological polar surface area (TPSA) is 38.3 Å². The van der Waals surface area contributed by atoms with Crippen LogP contribution >= 0.6 is 0 Å². The van der Waals surface area contributed by atoms with Crippen molar-refractivity contribution >= 4 is 11.6 Å². The highest BCUT2D eigenvalue weighted by Gasteiger charge is 2.14. The van der Waals surface area contributed by atoms with E-state index in [0.717, 1.165) is 29.3 Å². The Labute approximate surface area is 150 Å². The Balaban J connectivity index is 1.85. The Morgan fingerprint density at radius 1 is 1.00 bits per heavy atom. The monoisotopic (exact) mass is 353 g/mol. The van der Waals surface area contributed by atoms with E-state index in [-0.39, 0.29) is 5.56 Å². The molecule has 0 saturated carbocycles. The van der Waals surface area contributed by atoms with Gasteiger partial charge in [-0.05, 0) is 42.0 Å². The summed E-state index contributed by atoms with van der Waals surface area (Å²) in [5.41, 5.74) is 2.09. The van der Waals surface area contributed by atoms with Crippen LogP contribution in [0, 0.1) is 11.6 Å². The minimum absolute atomic E-state index is 0.342. The number of rotatable bonds is 5. The molecule has 0 bridgehead atoms. The summed E-state index contributed by atoms with van der Waals surface area (Å²) in [5.74, 6) is -1.47. The van der Waals surface area contributed by atoms with Crippen molar-refractivity contribution in [3.8, 4) is 5.75 Å². The number of anilines is 1. The first-order chi connectivity index (χ1) is 12.6. The summed E-state index contributed by atoms with van der Waals surface area (Å²) in [6.45, 7) is 0. The highest BCUT2D eigenvalue weighted by molar-refractivity contribution is 6.04. The SMILES string of the molecule is COc1ccc(NC(=O)c2cc(F)ccc2F)cc1Cc1ccccc1. The van der Waals surface area contributed by atoms with Gasteiger partial charge >= 0.3 is 0 Å². The second kappa shape index (κ2) is 7.78. The third-order valence-electron chi connectivity index (χ3n) is 3.95. The third kappa shape index (κ3) is 4.06. The van der Waals surface area contributed by atoms with Crippen LogP contribution < -0.4 is 10.1 Å². The predicted octanol–water partition coefficient (Wildman–Crippen LogP) is 4.82. The summed E-state index contributed by atoms with van der Waals surface area (Å²) >= 11 is 0. The molecule has 3 nitrogen and oxygen atoms in total. The summed E-state index contributed by atoms with van der Waals surface area (Å²) in [6.07, 6.45) is 0.613. The molecule has 132 valence electrons. The van der Waals surface area contributed by atoms with E-state index >= 15 is 0 Å². The molecule has 0 heterocycles. The first kappa shape index (κ1) is 17.6. The smallest absolute Gasteiger partial charge is 0.258 e. The van der Waals surface area contributed by atoms with Gasteiger partial charge in [-0.3, -0.25) is 4.79 Å². The van der Waals surface area contributed by atoms with E-state index in [1.54, 1.807) is 25.3 Å². The zero-order valence-electron chi connectivity index (χ0n) is 14.1. The lowest BCUT2D eigenvalue weighted by Gasteiger charge is -2.12. The molecule has 0 aliphatic carbocycles. The van der Waals surface area contributed by atoms with Crippen LogP contribution in [0.3, 0.4) is 0 Å². The Morgan fingerprint density at radius 2 is 1.77 bits per heavy atom. The van der Waals surface area contributed by atoms with Gasteiger partial charge in [-0.25, -0.2) is 8.78 Å². The fourth-order valence-corrected chi connectivity index (χ4v) is 2.68. The lowest BCUT2D eigenvalue weighted by atomic mass is 10.0. The van der Waals surface area contributed by atoms with Gasteiger partial charge in [0.05, 0.1) is 12.7 Å². The second-order valence-electron chi connectivity index (χ2n) is 5.77. The Kier molecular flexibility index (Phi) is 5.27. The van der Waals surface area contributed by atoms with E-state index in [9.17, 15) is 13.6 Å². The van der Waals surface area contributed by atoms with Crippen molar-refractivity contribution < 1.29 is 18.3 Å². The zero-order valence-corrected chi connectivity index (χ0v) is 14.1. The number of hydrogen-bond donors (Lipinski definition) is 1. The van der Waals surface area contributed by atoms with E-state index in [4.69, 9.17) is 4.74 Å². The van der Waals surface area contributed by atoms with E-state index in [2.05, 4.69) is 5.32 Å². The molecule has 0 spiro atoms. The fourth-order valence-electron chi connectivity index (χ4n) is 2.68. The highest BCUT2D eigenvalue weighted by Crippen LogP contribution is 2.26. The molecule has 26 heavy (non-hydrogen) atoms. The largest absolute Gasteiger partial charge is 0.496 e. The van der Waals surface area contributed by atoms with Crippen molar-refractivity contribution in [2.75, 3.05) is 12.4 Å². The van der Waals surface area contributed by atoms with E-state index in [1.807, 2.05) is 30.3 Å². The number of halogens is 2. The van der Waals surface area contributed by atoms with E-state index < -0.39 is 17.5 Å². The standard InChI is InChI=1S/C21H17F2NO2/c1-26-20-10-8-17(12-15(20)11-14-5-3-2-4-6-14)24-21(25)18-13-16(22)7-9-19(18)23/h2-10,12-13H,11H2,1H3,(H,24,25). The average Bonchev–Trinajstić information content (AvgIpc) is 2.65. The van der Waals surface area contributed by atoms with Crippen molar-refractivity contribution in [1.82, 2.24) is 0 Å². The molecule has 0 fully saturated rings. The normalized spacial score (nSPS) is 10.4. The zero-order chi connectivity index (χ0) is 18.5. The number of carbonyl (C=O) groups is 1. The number of nitrogens with one attached hydrogen (secondary N) is 1. The van der Waals surface area contributed by atoms with Gasteiger partial charge in [-0.1, -0.05) is 30.3 Å². The lowest BCUT2D eigenvalue weighted by Crippen LogP contribution is -2.14. The summed E-state index contributed by atoms with van der Waals surface area (Å²) in [4.78, 5) is 12.3. The molecule has 0 aromatic heterocycles. The van der Waals surface area contributed by atoms with Crippen LogP contribution in [0.15, 0.2) is 66.7 Å². The molecule has 0 atom stereocenters. The van der Waals surface area contributed by atoms with Gasteiger partial charge < -0.3 is 10.1 Å². The van der Waals surface area contributed by atoms with Crippen LogP contribution in [0.1, 0.15) is 21.5 Å². The Morgan fingerprint density at radius 3 is 2.50 bits per heavy atom. The molecule has 0 saturated heterocycles. The van der Waals surface area contributed by atoms with Crippen molar-refractivity contribution in [3.05, 3.63) is 95.1 Å². The van der Waals surface area contributed by atoms with Gasteiger partial charge in [0.2, 0.25) is 0 Å². The van der Waals surface area contributed by atoms with Crippen LogP contribution in [-0.4, -0.2) is 13.0 Å². The quantitative estimate of drug-likeness (QED) is 0.714. The predicted molar refractivity (Wildman–Crippen MR) is 96.6 cm³/mol. The molecule has 3 rings (SSSR count). The van der Waals surface area contributed by atoms with Crippen LogP contribution in [0.4, 0.5) is 14.5 Å². The van der Waals surface area contributed by atoms with Crippen LogP contribution in [0.5, 0.6) is 5.75 Å². The first-order valence-corrected chi connectivity index (χ1v) is 8.04. The minimum atomic E-state index is -0.776. The molecule has 0 aliphatic rings. The third-order valence-corrected chi connectivity index (χ3v) is 3.95. The summed E-state index contributed by atoms with van der Waals surface area (Å²) in [7, 11) is 1.57. The molecule has 3 aromatic carbocycles. The highest BCUT2D eigenvalue weighted by atomic mass is 19.1. The van der Waals surface area contributed by atoms with Gasteiger partial charge in [0.25, 0.3) is 5.91 Å². The Hall–Kier alpha value is -3.21. The van der Waals surface area contributed by atoms with Gasteiger partial charge in [0.15, 0.2) is 0 Å². The van der Waals surface area contributed by atoms with Gasteiger partial charge in [0, 0.05) is 17.7 Å². The van der Waals surface area contributed by atoms with Crippen LogP contribution in [-0.2, 0) is 6.42 Å². The van der Waals surface area contributed by atoms with Crippen molar-refractivity contribution in [2.24, 2.45) is 0 Å². The Bertz CT molecular complexity index is 927. The lowest BCUT2D eigenvalue weighted by molar-refractivity contribution is 0.102. The number of methoxy groups -OCH3 is 1. The van der Waals surface area contributed by atoms with Crippen molar-refractivity contribution in [1.29, 1.82) is 0 Å². The number of ether oxygens (including phenoxy) is 1.